The molecular weight excluding hydrogens is 212 g/mol. The first-order valence-electron chi connectivity index (χ1n) is 7.36. The average Bonchev–Trinajstić information content (AvgIpc) is 2.88. The molecular formula is C14H24N2O. The molecule has 3 rings (SSSR count). The molecule has 3 nitrogen and oxygen atoms in total. The van der Waals surface area contributed by atoms with Gasteiger partial charge in [0.15, 0.2) is 0 Å². The van der Waals surface area contributed by atoms with Crippen LogP contribution in [0.2, 0.25) is 0 Å². The van der Waals surface area contributed by atoms with Crippen LogP contribution < -0.4 is 0 Å². The maximum absolute atomic E-state index is 9.28. The van der Waals surface area contributed by atoms with Crippen molar-refractivity contribution in [3.63, 3.8) is 0 Å². The molecule has 3 aliphatic rings. The van der Waals surface area contributed by atoms with Crippen molar-refractivity contribution in [2.75, 3.05) is 13.1 Å². The molecule has 0 aromatic heterocycles. The molecule has 3 atom stereocenters. The molecule has 17 heavy (non-hydrogen) atoms. The summed E-state index contributed by atoms with van der Waals surface area (Å²) in [6.45, 7) is 2.43. The molecule has 0 aromatic carbocycles. The highest BCUT2D eigenvalue weighted by Crippen LogP contribution is 2.45. The van der Waals surface area contributed by atoms with Crippen LogP contribution in [0.5, 0.6) is 0 Å². The summed E-state index contributed by atoms with van der Waals surface area (Å²) < 4.78 is 0. The molecule has 0 radical (unpaired) electrons. The summed E-state index contributed by atoms with van der Waals surface area (Å²) in [6.07, 6.45) is 10.7. The molecule has 1 N–H and O–H groups in total. The van der Waals surface area contributed by atoms with Crippen molar-refractivity contribution in [1.82, 2.24) is 4.90 Å². The highest BCUT2D eigenvalue weighted by molar-refractivity contribution is 5.94. The fourth-order valence-corrected chi connectivity index (χ4v) is 4.23. The van der Waals surface area contributed by atoms with E-state index in [1.807, 2.05) is 0 Å². The Labute approximate surface area is 104 Å². The molecule has 0 spiro atoms. The van der Waals surface area contributed by atoms with E-state index in [0.717, 1.165) is 11.6 Å². The Morgan fingerprint density at radius 3 is 2.41 bits per heavy atom. The highest BCUT2D eigenvalue weighted by Gasteiger charge is 2.47. The van der Waals surface area contributed by atoms with Gasteiger partial charge in [0.25, 0.3) is 0 Å². The molecule has 3 fully saturated rings. The van der Waals surface area contributed by atoms with Crippen molar-refractivity contribution in [3.8, 4) is 0 Å². The summed E-state index contributed by atoms with van der Waals surface area (Å²) >= 11 is 0. The van der Waals surface area contributed by atoms with Gasteiger partial charge < -0.3 is 5.21 Å². The molecule has 0 unspecified atom stereocenters. The van der Waals surface area contributed by atoms with Crippen molar-refractivity contribution in [2.45, 2.75) is 57.4 Å². The zero-order valence-electron chi connectivity index (χ0n) is 10.6. The Balaban J connectivity index is 1.73. The van der Waals surface area contributed by atoms with Crippen molar-refractivity contribution in [2.24, 2.45) is 17.0 Å². The summed E-state index contributed by atoms with van der Waals surface area (Å²) in [4.78, 5) is 2.62. The van der Waals surface area contributed by atoms with Gasteiger partial charge in [-0.05, 0) is 51.1 Å². The van der Waals surface area contributed by atoms with Gasteiger partial charge in [-0.1, -0.05) is 24.4 Å². The van der Waals surface area contributed by atoms with Gasteiger partial charge in [0.05, 0.1) is 11.8 Å². The van der Waals surface area contributed by atoms with Gasteiger partial charge in [-0.3, -0.25) is 4.90 Å². The zero-order chi connectivity index (χ0) is 11.7. The fourth-order valence-electron chi connectivity index (χ4n) is 4.23. The van der Waals surface area contributed by atoms with Crippen LogP contribution in [0.25, 0.3) is 0 Å². The first-order valence-corrected chi connectivity index (χ1v) is 7.36. The predicted octanol–water partition coefficient (Wildman–Crippen LogP) is 2.88. The number of fused-ring (bicyclic) bond motifs is 2. The predicted molar refractivity (Wildman–Crippen MR) is 68.5 cm³/mol. The van der Waals surface area contributed by atoms with Crippen LogP contribution in [0, 0.1) is 11.8 Å². The standard InChI is InChI=1S/C14H24N2O/c17-15-13-11-6-7-12(10-11)14(13)16-8-4-2-1-3-5-9-16/h11-12,14,17H,1-10H2/b15-13+/t11-,12-,14-/m0/s1. The summed E-state index contributed by atoms with van der Waals surface area (Å²) in [5, 5.41) is 12.9. The van der Waals surface area contributed by atoms with E-state index < -0.39 is 0 Å². The lowest BCUT2D eigenvalue weighted by Crippen LogP contribution is -2.46. The largest absolute Gasteiger partial charge is 0.411 e. The average molecular weight is 236 g/mol. The molecule has 3 heteroatoms. The number of rotatable bonds is 1. The fraction of sp³-hybridized carbons (Fsp3) is 0.929. The lowest BCUT2D eigenvalue weighted by atomic mass is 9.91. The van der Waals surface area contributed by atoms with E-state index in [4.69, 9.17) is 0 Å². The Kier molecular flexibility index (Phi) is 3.37. The molecule has 2 saturated carbocycles. The molecule has 0 aromatic rings. The third-order valence-corrected chi connectivity index (χ3v) is 5.04. The molecule has 2 bridgehead atoms. The summed E-state index contributed by atoms with van der Waals surface area (Å²) in [7, 11) is 0. The summed E-state index contributed by atoms with van der Waals surface area (Å²) in [5.41, 5.74) is 1.11. The minimum absolute atomic E-state index is 0.483. The van der Waals surface area contributed by atoms with Gasteiger partial charge in [0, 0.05) is 5.92 Å². The summed E-state index contributed by atoms with van der Waals surface area (Å²) in [5.74, 6) is 1.38. The Morgan fingerprint density at radius 2 is 1.71 bits per heavy atom. The molecule has 2 aliphatic carbocycles. The second-order valence-corrected chi connectivity index (χ2v) is 6.04. The van der Waals surface area contributed by atoms with E-state index in [0.29, 0.717) is 12.0 Å². The maximum Gasteiger partial charge on any atom is 0.0775 e. The van der Waals surface area contributed by atoms with E-state index in [2.05, 4.69) is 10.1 Å². The number of nitrogens with zero attached hydrogens (tertiary/aromatic N) is 2. The quantitative estimate of drug-likeness (QED) is 0.561. The second-order valence-electron chi connectivity index (χ2n) is 6.04. The highest BCUT2D eigenvalue weighted by atomic mass is 16.4. The smallest absolute Gasteiger partial charge is 0.0775 e. The Bertz CT molecular complexity index is 295. The van der Waals surface area contributed by atoms with E-state index in [9.17, 15) is 5.21 Å². The van der Waals surface area contributed by atoms with E-state index in [-0.39, 0.29) is 0 Å². The van der Waals surface area contributed by atoms with Crippen molar-refractivity contribution >= 4 is 5.71 Å². The topological polar surface area (TPSA) is 35.8 Å². The van der Waals surface area contributed by atoms with Crippen LogP contribution in [-0.2, 0) is 0 Å². The first kappa shape index (κ1) is 11.5. The van der Waals surface area contributed by atoms with Gasteiger partial charge in [-0.15, -0.1) is 0 Å². The van der Waals surface area contributed by atoms with Gasteiger partial charge in [0.1, 0.15) is 0 Å². The maximum atomic E-state index is 9.28. The molecule has 1 heterocycles. The first-order chi connectivity index (χ1) is 8.40. The van der Waals surface area contributed by atoms with Crippen molar-refractivity contribution in [1.29, 1.82) is 0 Å². The van der Waals surface area contributed by atoms with Gasteiger partial charge in [-0.25, -0.2) is 0 Å². The van der Waals surface area contributed by atoms with Crippen molar-refractivity contribution < 1.29 is 5.21 Å². The van der Waals surface area contributed by atoms with Crippen LogP contribution in [-0.4, -0.2) is 35.0 Å². The number of hydrogen-bond donors (Lipinski definition) is 1. The number of hydrogen-bond acceptors (Lipinski definition) is 3. The number of oxime groups is 1. The van der Waals surface area contributed by atoms with Crippen LogP contribution in [0.3, 0.4) is 0 Å². The lowest BCUT2D eigenvalue weighted by Gasteiger charge is -2.35. The van der Waals surface area contributed by atoms with E-state index in [1.165, 1.54) is 64.5 Å². The minimum atomic E-state index is 0.483. The number of likely N-dealkylation sites (tertiary alicyclic amines) is 1. The van der Waals surface area contributed by atoms with E-state index >= 15 is 0 Å². The summed E-state index contributed by atoms with van der Waals surface area (Å²) in [6, 6.07) is 0.483. The van der Waals surface area contributed by atoms with Gasteiger partial charge >= 0.3 is 0 Å². The SMILES string of the molecule is O/N=C1\[C@H]2CC[C@@H](C2)[C@@H]1N1CCCCCCC1. The van der Waals surface area contributed by atoms with Gasteiger partial charge in [0.2, 0.25) is 0 Å². The van der Waals surface area contributed by atoms with Gasteiger partial charge in [-0.2, -0.15) is 0 Å². The molecule has 96 valence electrons. The lowest BCUT2D eigenvalue weighted by molar-refractivity contribution is 0.176. The third kappa shape index (κ3) is 2.10. The van der Waals surface area contributed by atoms with E-state index in [1.54, 1.807) is 0 Å². The van der Waals surface area contributed by atoms with Crippen molar-refractivity contribution in [3.05, 3.63) is 0 Å². The Morgan fingerprint density at radius 1 is 1.00 bits per heavy atom. The van der Waals surface area contributed by atoms with Crippen LogP contribution >= 0.6 is 0 Å². The van der Waals surface area contributed by atoms with Crippen LogP contribution in [0.15, 0.2) is 5.16 Å². The van der Waals surface area contributed by atoms with Crippen LogP contribution in [0.1, 0.15) is 51.4 Å². The molecule has 1 aliphatic heterocycles. The minimum Gasteiger partial charge on any atom is -0.411 e. The molecule has 1 saturated heterocycles. The molecule has 0 amide bonds. The normalized spacial score (nSPS) is 41.6. The zero-order valence-corrected chi connectivity index (χ0v) is 10.6. The second kappa shape index (κ2) is 4.97. The van der Waals surface area contributed by atoms with Crippen LogP contribution in [0.4, 0.5) is 0 Å². The third-order valence-electron chi connectivity index (χ3n) is 5.04. The Hall–Kier alpha value is -0.570. The monoisotopic (exact) mass is 236 g/mol.